The number of ether oxygens (including phenoxy) is 1. The lowest BCUT2D eigenvalue weighted by atomic mass is 10.3. The summed E-state index contributed by atoms with van der Waals surface area (Å²) in [5.41, 5.74) is 1.68. The quantitative estimate of drug-likeness (QED) is 0.806. The number of fused-ring (bicyclic) bond motifs is 1. The van der Waals surface area contributed by atoms with Gasteiger partial charge in [-0.15, -0.1) is 11.3 Å². The van der Waals surface area contributed by atoms with Gasteiger partial charge in [0.15, 0.2) is 3.95 Å². The summed E-state index contributed by atoms with van der Waals surface area (Å²) in [6, 6.07) is 5.55. The SMILES string of the molecule is CCOC(=O)Nc1ccc2[nH]c(=S)sc2c1. The largest absolute Gasteiger partial charge is 0.450 e. The Hall–Kier alpha value is -1.40. The molecule has 1 aromatic carbocycles. The molecule has 6 heteroatoms. The standard InChI is InChI=1S/C10H10N2O2S2/c1-2-14-9(13)11-6-3-4-7-8(5-6)16-10(15)12-7/h3-5H,2H2,1H3,(H,11,13)(H,12,15). The van der Waals surface area contributed by atoms with Crippen LogP contribution in [0.5, 0.6) is 0 Å². The highest BCUT2D eigenvalue weighted by Gasteiger charge is 2.03. The Kier molecular flexibility index (Phi) is 3.21. The number of aromatic amines is 1. The Morgan fingerprint density at radius 3 is 3.19 bits per heavy atom. The fraction of sp³-hybridized carbons (Fsp3) is 0.200. The number of hydrogen-bond acceptors (Lipinski definition) is 4. The number of rotatable bonds is 2. The zero-order valence-electron chi connectivity index (χ0n) is 8.57. The maximum atomic E-state index is 11.2. The first-order chi connectivity index (χ1) is 7.69. The number of hydrogen-bond donors (Lipinski definition) is 2. The average Bonchev–Trinajstić information content (AvgIpc) is 2.57. The van der Waals surface area contributed by atoms with Crippen LogP contribution >= 0.6 is 23.6 Å². The van der Waals surface area contributed by atoms with Crippen LogP contribution in [0.15, 0.2) is 18.2 Å². The van der Waals surface area contributed by atoms with Gasteiger partial charge in [0.1, 0.15) is 0 Å². The summed E-state index contributed by atoms with van der Waals surface area (Å²) in [6.45, 7) is 2.12. The van der Waals surface area contributed by atoms with Crippen molar-refractivity contribution in [2.75, 3.05) is 11.9 Å². The van der Waals surface area contributed by atoms with Crippen LogP contribution in [0.4, 0.5) is 10.5 Å². The fourth-order valence-corrected chi connectivity index (χ4v) is 2.46. The van der Waals surface area contributed by atoms with Crippen molar-refractivity contribution in [1.29, 1.82) is 0 Å². The second-order valence-electron chi connectivity index (χ2n) is 3.07. The van der Waals surface area contributed by atoms with Crippen molar-refractivity contribution < 1.29 is 9.53 Å². The molecule has 1 amide bonds. The van der Waals surface area contributed by atoms with Gasteiger partial charge in [0.2, 0.25) is 0 Å². The number of benzene rings is 1. The zero-order valence-corrected chi connectivity index (χ0v) is 10.2. The average molecular weight is 254 g/mol. The van der Waals surface area contributed by atoms with Gasteiger partial charge >= 0.3 is 6.09 Å². The van der Waals surface area contributed by atoms with E-state index in [-0.39, 0.29) is 0 Å². The normalized spacial score (nSPS) is 10.3. The first kappa shape index (κ1) is 11.1. The second-order valence-corrected chi connectivity index (χ2v) is 4.79. The summed E-state index contributed by atoms with van der Waals surface area (Å²) in [5, 5.41) is 2.64. The summed E-state index contributed by atoms with van der Waals surface area (Å²) >= 11 is 6.51. The van der Waals surface area contributed by atoms with Gasteiger partial charge < -0.3 is 9.72 Å². The number of carbonyl (C=O) groups is 1. The second kappa shape index (κ2) is 4.63. The molecule has 2 aromatic rings. The third kappa shape index (κ3) is 2.40. The Balaban J connectivity index is 2.25. The highest BCUT2D eigenvalue weighted by molar-refractivity contribution is 7.73. The Bertz CT molecular complexity index is 573. The first-order valence-electron chi connectivity index (χ1n) is 4.75. The summed E-state index contributed by atoms with van der Waals surface area (Å²) in [4.78, 5) is 14.2. The lowest BCUT2D eigenvalue weighted by molar-refractivity contribution is 0.168. The summed E-state index contributed by atoms with van der Waals surface area (Å²) < 4.78 is 6.53. The highest BCUT2D eigenvalue weighted by atomic mass is 32.1. The number of nitrogens with one attached hydrogen (secondary N) is 2. The van der Waals surface area contributed by atoms with Gasteiger partial charge in [-0.25, -0.2) is 4.79 Å². The lowest BCUT2D eigenvalue weighted by Gasteiger charge is -2.04. The zero-order chi connectivity index (χ0) is 11.5. The molecule has 1 aromatic heterocycles. The minimum Gasteiger partial charge on any atom is -0.450 e. The fourth-order valence-electron chi connectivity index (χ4n) is 1.31. The molecule has 0 bridgehead atoms. The summed E-state index contributed by atoms with van der Waals surface area (Å²) in [5.74, 6) is 0. The molecule has 2 rings (SSSR count). The van der Waals surface area contributed by atoms with Gasteiger partial charge in [0.25, 0.3) is 0 Å². The molecule has 84 valence electrons. The molecule has 0 aliphatic heterocycles. The molecular weight excluding hydrogens is 244 g/mol. The number of aromatic nitrogens is 1. The maximum absolute atomic E-state index is 11.2. The molecule has 0 saturated carbocycles. The Morgan fingerprint density at radius 1 is 1.62 bits per heavy atom. The Morgan fingerprint density at radius 2 is 2.44 bits per heavy atom. The molecule has 2 N–H and O–H groups in total. The van der Waals surface area contributed by atoms with Crippen LogP contribution in [0.1, 0.15) is 6.92 Å². The van der Waals surface area contributed by atoms with E-state index in [1.54, 1.807) is 13.0 Å². The minimum atomic E-state index is -0.444. The number of carbonyl (C=O) groups excluding carboxylic acids is 1. The van der Waals surface area contributed by atoms with Crippen molar-refractivity contribution in [3.8, 4) is 0 Å². The topological polar surface area (TPSA) is 54.1 Å². The van der Waals surface area contributed by atoms with E-state index in [1.807, 2.05) is 12.1 Å². The van der Waals surface area contributed by atoms with Gasteiger partial charge in [-0.3, -0.25) is 5.32 Å². The molecule has 4 nitrogen and oxygen atoms in total. The van der Waals surface area contributed by atoms with Crippen LogP contribution in [0.25, 0.3) is 10.2 Å². The van der Waals surface area contributed by atoms with Gasteiger partial charge in [0, 0.05) is 5.69 Å². The van der Waals surface area contributed by atoms with E-state index in [0.717, 1.165) is 14.2 Å². The van der Waals surface area contributed by atoms with Crippen LogP contribution in [0, 0.1) is 3.95 Å². The number of thiazole rings is 1. The smallest absolute Gasteiger partial charge is 0.411 e. The van der Waals surface area contributed by atoms with Crippen LogP contribution in [0.2, 0.25) is 0 Å². The molecule has 0 aliphatic rings. The molecule has 0 atom stereocenters. The molecule has 0 aliphatic carbocycles. The number of amides is 1. The third-order valence-electron chi connectivity index (χ3n) is 1.94. The van der Waals surface area contributed by atoms with Crippen LogP contribution < -0.4 is 5.32 Å². The minimum absolute atomic E-state index is 0.358. The molecule has 0 spiro atoms. The van der Waals surface area contributed by atoms with Crippen LogP contribution in [0.3, 0.4) is 0 Å². The van der Waals surface area contributed by atoms with Crippen LogP contribution in [-0.2, 0) is 4.74 Å². The van der Waals surface area contributed by atoms with Crippen molar-refractivity contribution in [3.05, 3.63) is 22.2 Å². The van der Waals surface area contributed by atoms with Crippen molar-refractivity contribution >= 4 is 45.6 Å². The maximum Gasteiger partial charge on any atom is 0.411 e. The molecule has 0 fully saturated rings. The van der Waals surface area contributed by atoms with E-state index in [0.29, 0.717) is 12.3 Å². The summed E-state index contributed by atoms with van der Waals surface area (Å²) in [6.07, 6.45) is -0.444. The monoisotopic (exact) mass is 254 g/mol. The summed E-state index contributed by atoms with van der Waals surface area (Å²) in [7, 11) is 0. The van der Waals surface area contributed by atoms with E-state index < -0.39 is 6.09 Å². The van der Waals surface area contributed by atoms with Gasteiger partial charge in [0.05, 0.1) is 16.8 Å². The highest BCUT2D eigenvalue weighted by Crippen LogP contribution is 2.23. The van der Waals surface area contributed by atoms with E-state index in [9.17, 15) is 4.79 Å². The third-order valence-corrected chi connectivity index (χ3v) is 3.14. The van der Waals surface area contributed by atoms with Gasteiger partial charge in [-0.2, -0.15) is 0 Å². The van der Waals surface area contributed by atoms with Gasteiger partial charge in [-0.05, 0) is 37.3 Å². The lowest BCUT2D eigenvalue weighted by Crippen LogP contribution is -2.12. The Labute approximate surface area is 101 Å². The number of anilines is 1. The molecule has 0 unspecified atom stereocenters. The molecule has 1 heterocycles. The first-order valence-corrected chi connectivity index (χ1v) is 5.98. The van der Waals surface area contributed by atoms with E-state index in [1.165, 1.54) is 11.3 Å². The van der Waals surface area contributed by atoms with Crippen molar-refractivity contribution in [1.82, 2.24) is 4.98 Å². The number of H-pyrrole nitrogens is 1. The molecule has 0 radical (unpaired) electrons. The van der Waals surface area contributed by atoms with Gasteiger partial charge in [-0.1, -0.05) is 0 Å². The van der Waals surface area contributed by atoms with E-state index >= 15 is 0 Å². The van der Waals surface area contributed by atoms with E-state index in [4.69, 9.17) is 17.0 Å². The predicted octanol–water partition coefficient (Wildman–Crippen LogP) is 3.53. The molecule has 16 heavy (non-hydrogen) atoms. The van der Waals surface area contributed by atoms with Crippen LogP contribution in [-0.4, -0.2) is 17.7 Å². The molecular formula is C10H10N2O2S2. The predicted molar refractivity (Wildman–Crippen MR) is 67.7 cm³/mol. The van der Waals surface area contributed by atoms with Crippen molar-refractivity contribution in [2.45, 2.75) is 6.92 Å². The van der Waals surface area contributed by atoms with E-state index in [2.05, 4.69) is 10.3 Å². The molecule has 0 saturated heterocycles. The van der Waals surface area contributed by atoms with Crippen molar-refractivity contribution in [2.24, 2.45) is 0 Å². The van der Waals surface area contributed by atoms with Crippen molar-refractivity contribution in [3.63, 3.8) is 0 Å².